The molecule has 3 rings (SSSR count). The molecule has 0 aliphatic heterocycles. The number of imidazole rings is 1. The maximum atomic E-state index is 13.9. The van der Waals surface area contributed by atoms with Gasteiger partial charge in [-0.25, -0.2) is 9.37 Å². The van der Waals surface area contributed by atoms with Gasteiger partial charge in [0.1, 0.15) is 5.82 Å². The molecular formula is C18H20FN3S. The van der Waals surface area contributed by atoms with E-state index in [1.54, 1.807) is 23.6 Å². The molecule has 0 aliphatic carbocycles. The summed E-state index contributed by atoms with van der Waals surface area (Å²) in [5.74, 6) is -0.127. The highest BCUT2D eigenvalue weighted by molar-refractivity contribution is 7.07. The molecule has 0 bridgehead atoms. The maximum absolute atomic E-state index is 13.9. The van der Waals surface area contributed by atoms with Crippen molar-refractivity contribution in [1.82, 2.24) is 14.5 Å². The molecule has 120 valence electrons. The van der Waals surface area contributed by atoms with Crippen molar-refractivity contribution < 1.29 is 4.39 Å². The minimum atomic E-state index is -0.127. The van der Waals surface area contributed by atoms with Crippen molar-refractivity contribution in [1.29, 1.82) is 0 Å². The van der Waals surface area contributed by atoms with Crippen molar-refractivity contribution in [2.45, 2.75) is 26.1 Å². The number of hydrogen-bond acceptors (Lipinski definition) is 3. The molecule has 0 saturated heterocycles. The highest BCUT2D eigenvalue weighted by Crippen LogP contribution is 2.15. The molecule has 0 saturated carbocycles. The van der Waals surface area contributed by atoms with Gasteiger partial charge in [0.2, 0.25) is 0 Å². The van der Waals surface area contributed by atoms with Crippen LogP contribution in [0.5, 0.6) is 0 Å². The van der Waals surface area contributed by atoms with E-state index in [2.05, 4.69) is 31.3 Å². The minimum absolute atomic E-state index is 0.127. The summed E-state index contributed by atoms with van der Waals surface area (Å²) < 4.78 is 16.0. The van der Waals surface area contributed by atoms with Crippen molar-refractivity contribution >= 4 is 11.3 Å². The molecule has 3 aromatic rings. The zero-order valence-corrected chi connectivity index (χ0v) is 13.8. The van der Waals surface area contributed by atoms with Gasteiger partial charge in [-0.1, -0.05) is 18.2 Å². The Hall–Kier alpha value is -1.98. The van der Waals surface area contributed by atoms with Crippen LogP contribution in [0.1, 0.15) is 17.5 Å². The van der Waals surface area contributed by atoms with Gasteiger partial charge in [-0.15, -0.1) is 0 Å². The number of halogens is 1. The van der Waals surface area contributed by atoms with Gasteiger partial charge in [0.15, 0.2) is 0 Å². The van der Waals surface area contributed by atoms with Gasteiger partial charge in [-0.2, -0.15) is 11.3 Å². The number of aryl methyl sites for hydroxylation is 1. The van der Waals surface area contributed by atoms with E-state index in [1.807, 2.05) is 24.7 Å². The highest BCUT2D eigenvalue weighted by atomic mass is 32.1. The molecule has 0 N–H and O–H groups in total. The minimum Gasteiger partial charge on any atom is -0.337 e. The molecule has 0 unspecified atom stereocenters. The summed E-state index contributed by atoms with van der Waals surface area (Å²) in [4.78, 5) is 6.36. The van der Waals surface area contributed by atoms with Crippen LogP contribution in [0.25, 0.3) is 0 Å². The van der Waals surface area contributed by atoms with Crippen LogP contribution in [-0.2, 0) is 19.6 Å². The van der Waals surface area contributed by atoms with Crippen molar-refractivity contribution in [3.63, 3.8) is 0 Å². The lowest BCUT2D eigenvalue weighted by molar-refractivity contribution is 0.245. The van der Waals surface area contributed by atoms with E-state index in [-0.39, 0.29) is 5.82 Å². The normalized spacial score (nSPS) is 11.2. The monoisotopic (exact) mass is 329 g/mol. The topological polar surface area (TPSA) is 21.1 Å². The lowest BCUT2D eigenvalue weighted by atomic mass is 10.2. The summed E-state index contributed by atoms with van der Waals surface area (Å²) in [6.07, 6.45) is 6.61. The average Bonchev–Trinajstić information content (AvgIpc) is 3.23. The first-order valence-corrected chi connectivity index (χ1v) is 8.68. The Morgan fingerprint density at radius 2 is 2.09 bits per heavy atom. The van der Waals surface area contributed by atoms with Crippen molar-refractivity contribution in [3.05, 3.63) is 76.8 Å². The van der Waals surface area contributed by atoms with Crippen LogP contribution in [0.2, 0.25) is 0 Å². The van der Waals surface area contributed by atoms with Gasteiger partial charge < -0.3 is 4.57 Å². The molecule has 0 spiro atoms. The zero-order valence-electron chi connectivity index (χ0n) is 12.9. The van der Waals surface area contributed by atoms with E-state index in [0.29, 0.717) is 6.54 Å². The van der Waals surface area contributed by atoms with Crippen LogP contribution in [0, 0.1) is 5.82 Å². The van der Waals surface area contributed by atoms with E-state index in [4.69, 9.17) is 0 Å². The van der Waals surface area contributed by atoms with Gasteiger partial charge in [-0.3, -0.25) is 4.90 Å². The van der Waals surface area contributed by atoms with Gasteiger partial charge in [0, 0.05) is 44.1 Å². The van der Waals surface area contributed by atoms with Crippen LogP contribution in [0.4, 0.5) is 4.39 Å². The second-order valence-electron chi connectivity index (χ2n) is 5.59. The predicted molar refractivity (Wildman–Crippen MR) is 91.7 cm³/mol. The molecule has 5 heteroatoms. The molecule has 0 radical (unpaired) electrons. The Labute approximate surface area is 140 Å². The van der Waals surface area contributed by atoms with E-state index in [9.17, 15) is 4.39 Å². The summed E-state index contributed by atoms with van der Waals surface area (Å²) in [7, 11) is 0. The first kappa shape index (κ1) is 15.9. The fourth-order valence-electron chi connectivity index (χ4n) is 2.62. The van der Waals surface area contributed by atoms with Crippen molar-refractivity contribution in [3.8, 4) is 0 Å². The summed E-state index contributed by atoms with van der Waals surface area (Å²) in [6, 6.07) is 9.16. The number of nitrogens with zero attached hydrogens (tertiary/aromatic N) is 3. The van der Waals surface area contributed by atoms with E-state index < -0.39 is 0 Å². The summed E-state index contributed by atoms with van der Waals surface area (Å²) in [6.45, 7) is 3.33. The average molecular weight is 329 g/mol. The maximum Gasteiger partial charge on any atom is 0.127 e. The molecule has 1 aromatic carbocycles. The summed E-state index contributed by atoms with van der Waals surface area (Å²) in [5.41, 5.74) is 2.04. The van der Waals surface area contributed by atoms with E-state index >= 15 is 0 Å². The molecular weight excluding hydrogens is 309 g/mol. The van der Waals surface area contributed by atoms with Gasteiger partial charge in [0.25, 0.3) is 0 Å². The molecule has 2 aromatic heterocycles. The predicted octanol–water partition coefficient (Wildman–Crippen LogP) is 4.18. The number of thiophene rings is 1. The highest BCUT2D eigenvalue weighted by Gasteiger charge is 2.10. The number of hydrogen-bond donors (Lipinski definition) is 0. The largest absolute Gasteiger partial charge is 0.337 e. The summed E-state index contributed by atoms with van der Waals surface area (Å²) in [5, 5.41) is 4.24. The fraction of sp³-hybridized carbons (Fsp3) is 0.278. The number of rotatable bonds is 8. The Morgan fingerprint density at radius 3 is 2.83 bits per heavy atom. The van der Waals surface area contributed by atoms with Crippen LogP contribution in [0.15, 0.2) is 59.8 Å². The first-order chi connectivity index (χ1) is 11.3. The van der Waals surface area contributed by atoms with Crippen molar-refractivity contribution in [2.75, 3.05) is 6.54 Å². The third-order valence-corrected chi connectivity index (χ3v) is 4.52. The van der Waals surface area contributed by atoms with Crippen LogP contribution < -0.4 is 0 Å². The van der Waals surface area contributed by atoms with E-state index in [1.165, 1.54) is 11.6 Å². The Balaban J connectivity index is 1.62. The fourth-order valence-corrected chi connectivity index (χ4v) is 3.28. The second-order valence-corrected chi connectivity index (χ2v) is 6.37. The molecule has 0 aliphatic rings. The van der Waals surface area contributed by atoms with E-state index in [0.717, 1.165) is 31.6 Å². The van der Waals surface area contributed by atoms with Crippen molar-refractivity contribution in [2.24, 2.45) is 0 Å². The Morgan fingerprint density at radius 1 is 1.17 bits per heavy atom. The molecule has 0 fully saturated rings. The molecule has 2 heterocycles. The van der Waals surface area contributed by atoms with Crippen LogP contribution >= 0.6 is 11.3 Å². The molecule has 0 atom stereocenters. The molecule has 23 heavy (non-hydrogen) atoms. The third-order valence-electron chi connectivity index (χ3n) is 3.79. The standard InChI is InChI=1S/C18H20FN3S/c19-18-5-2-1-4-17(18)13-22(12-16-6-11-23-14-16)9-3-8-21-10-7-20-15-21/h1-2,4-7,10-11,14-15H,3,8-9,12-13H2. The quantitative estimate of drug-likeness (QED) is 0.618. The van der Waals surface area contributed by atoms with Crippen LogP contribution in [0.3, 0.4) is 0 Å². The number of aromatic nitrogens is 2. The van der Waals surface area contributed by atoms with Gasteiger partial charge >= 0.3 is 0 Å². The SMILES string of the molecule is Fc1ccccc1CN(CCCn1ccnc1)Cc1ccsc1. The lowest BCUT2D eigenvalue weighted by Gasteiger charge is -2.22. The smallest absolute Gasteiger partial charge is 0.127 e. The zero-order chi connectivity index (χ0) is 15.9. The van der Waals surface area contributed by atoms with Gasteiger partial charge in [-0.05, 0) is 34.9 Å². The molecule has 0 amide bonds. The lowest BCUT2D eigenvalue weighted by Crippen LogP contribution is -2.25. The van der Waals surface area contributed by atoms with Gasteiger partial charge in [0.05, 0.1) is 6.33 Å². The molecule has 3 nitrogen and oxygen atoms in total. The number of benzene rings is 1. The second kappa shape index (κ2) is 8.04. The van der Waals surface area contributed by atoms with Crippen LogP contribution in [-0.4, -0.2) is 21.0 Å². The first-order valence-electron chi connectivity index (χ1n) is 7.74. The third kappa shape index (κ3) is 4.74. The Kier molecular flexibility index (Phi) is 5.56. The summed E-state index contributed by atoms with van der Waals surface area (Å²) >= 11 is 1.70. The Bertz CT molecular complexity index is 695.